The maximum Gasteiger partial charge on any atom is 0.272 e. The van der Waals surface area contributed by atoms with Crippen LogP contribution in [-0.2, 0) is 15.0 Å². The standard InChI is InChI=1S/C26H32N6O3/c1-16(2)13-21(32(5)23(33)20-11-8-12-22(28)29-20)24(34)31(4)17(15-27)14-26(3)18-9-6-7-10-19(18)30-25(26)35/h6-12,16-17,21H,13-14H2,1-5H3,(H2,28,29)(H,30,35)/t17-,21-,26+/m0/s1. The van der Waals surface area contributed by atoms with E-state index in [2.05, 4.69) is 16.4 Å². The largest absolute Gasteiger partial charge is 0.384 e. The molecule has 1 aromatic heterocycles. The Balaban J connectivity index is 1.86. The van der Waals surface area contributed by atoms with Gasteiger partial charge >= 0.3 is 0 Å². The number of nitriles is 1. The van der Waals surface area contributed by atoms with Crippen LogP contribution >= 0.6 is 0 Å². The maximum absolute atomic E-state index is 13.7. The number of benzene rings is 1. The molecule has 9 heteroatoms. The van der Waals surface area contributed by atoms with Gasteiger partial charge in [-0.15, -0.1) is 0 Å². The second kappa shape index (κ2) is 10.1. The highest BCUT2D eigenvalue weighted by molar-refractivity contribution is 6.06. The normalized spacial score (nSPS) is 18.3. The van der Waals surface area contributed by atoms with E-state index in [1.165, 1.54) is 9.80 Å². The van der Waals surface area contributed by atoms with Gasteiger partial charge in [0.25, 0.3) is 5.91 Å². The van der Waals surface area contributed by atoms with Crippen molar-refractivity contribution in [3.63, 3.8) is 0 Å². The Bertz CT molecular complexity index is 1170. The van der Waals surface area contributed by atoms with Crippen LogP contribution in [0.4, 0.5) is 11.5 Å². The Kier molecular flexibility index (Phi) is 7.44. The van der Waals surface area contributed by atoms with Crippen molar-refractivity contribution in [3.8, 4) is 6.07 Å². The Morgan fingerprint density at radius 3 is 2.46 bits per heavy atom. The van der Waals surface area contributed by atoms with Crippen LogP contribution in [0.2, 0.25) is 0 Å². The van der Waals surface area contributed by atoms with E-state index in [4.69, 9.17) is 5.73 Å². The van der Waals surface area contributed by atoms with E-state index in [0.717, 1.165) is 5.56 Å². The van der Waals surface area contributed by atoms with E-state index in [1.54, 1.807) is 39.2 Å². The first-order valence-corrected chi connectivity index (χ1v) is 11.6. The van der Waals surface area contributed by atoms with Gasteiger partial charge < -0.3 is 20.9 Å². The first-order chi connectivity index (χ1) is 16.5. The zero-order chi connectivity index (χ0) is 25.9. The van der Waals surface area contributed by atoms with Gasteiger partial charge in [-0.05, 0) is 49.4 Å². The summed E-state index contributed by atoms with van der Waals surface area (Å²) in [5.74, 6) is -0.707. The van der Waals surface area contributed by atoms with E-state index in [1.807, 2.05) is 38.1 Å². The Labute approximate surface area is 205 Å². The third kappa shape index (κ3) is 5.11. The number of fused-ring (bicyclic) bond motifs is 1. The number of rotatable bonds is 8. The lowest BCUT2D eigenvalue weighted by molar-refractivity contribution is -0.137. The zero-order valence-corrected chi connectivity index (χ0v) is 20.8. The fraction of sp³-hybridized carbons (Fsp3) is 0.423. The van der Waals surface area contributed by atoms with Crippen LogP contribution in [-0.4, -0.2) is 58.7 Å². The summed E-state index contributed by atoms with van der Waals surface area (Å²) in [6.45, 7) is 5.70. The van der Waals surface area contributed by atoms with Gasteiger partial charge in [-0.25, -0.2) is 4.98 Å². The van der Waals surface area contributed by atoms with Crippen LogP contribution in [0.1, 0.15) is 49.7 Å². The van der Waals surface area contributed by atoms with Crippen molar-refractivity contribution in [1.82, 2.24) is 14.8 Å². The van der Waals surface area contributed by atoms with Gasteiger partial charge in [0, 0.05) is 19.8 Å². The molecule has 0 spiro atoms. The van der Waals surface area contributed by atoms with Gasteiger partial charge in [-0.2, -0.15) is 5.26 Å². The van der Waals surface area contributed by atoms with Crippen LogP contribution < -0.4 is 11.1 Å². The predicted octanol–water partition coefficient (Wildman–Crippen LogP) is 2.80. The highest BCUT2D eigenvalue weighted by atomic mass is 16.2. The molecule has 0 unspecified atom stereocenters. The quantitative estimate of drug-likeness (QED) is 0.602. The molecule has 0 aliphatic carbocycles. The highest BCUT2D eigenvalue weighted by Crippen LogP contribution is 2.41. The number of nitrogen functional groups attached to an aromatic ring is 1. The molecule has 1 aliphatic rings. The number of carbonyl (C=O) groups is 3. The number of nitrogens with two attached hydrogens (primary N) is 1. The lowest BCUT2D eigenvalue weighted by atomic mass is 9.78. The third-order valence-corrected chi connectivity index (χ3v) is 6.59. The molecule has 0 fully saturated rings. The van der Waals surface area contributed by atoms with E-state index in [0.29, 0.717) is 12.1 Å². The summed E-state index contributed by atoms with van der Waals surface area (Å²) >= 11 is 0. The molecule has 3 amide bonds. The monoisotopic (exact) mass is 476 g/mol. The summed E-state index contributed by atoms with van der Waals surface area (Å²) < 4.78 is 0. The van der Waals surface area contributed by atoms with Gasteiger partial charge in [0.2, 0.25) is 11.8 Å². The Morgan fingerprint density at radius 1 is 1.14 bits per heavy atom. The Hall–Kier alpha value is -3.93. The summed E-state index contributed by atoms with van der Waals surface area (Å²) in [6, 6.07) is 12.6. The molecule has 9 nitrogen and oxygen atoms in total. The second-order valence-corrected chi connectivity index (χ2v) is 9.64. The second-order valence-electron chi connectivity index (χ2n) is 9.64. The average molecular weight is 477 g/mol. The molecule has 0 bridgehead atoms. The van der Waals surface area contributed by atoms with Crippen molar-refractivity contribution in [2.24, 2.45) is 5.92 Å². The molecule has 3 N–H and O–H groups in total. The molecule has 1 aromatic carbocycles. The van der Waals surface area contributed by atoms with Crippen LogP contribution in [0.5, 0.6) is 0 Å². The topological polar surface area (TPSA) is 132 Å². The molecule has 3 rings (SSSR count). The number of nitrogens with one attached hydrogen (secondary N) is 1. The number of anilines is 2. The number of aromatic nitrogens is 1. The van der Waals surface area contributed by atoms with Crippen LogP contribution in [0.25, 0.3) is 0 Å². The summed E-state index contributed by atoms with van der Waals surface area (Å²) in [5, 5.41) is 12.9. The molecule has 0 saturated heterocycles. The minimum Gasteiger partial charge on any atom is -0.384 e. The van der Waals surface area contributed by atoms with Crippen molar-refractivity contribution in [2.75, 3.05) is 25.1 Å². The van der Waals surface area contributed by atoms with Crippen molar-refractivity contribution >= 4 is 29.2 Å². The number of carbonyl (C=O) groups excluding carboxylic acids is 3. The predicted molar refractivity (Wildman–Crippen MR) is 133 cm³/mol. The summed E-state index contributed by atoms with van der Waals surface area (Å²) in [6.07, 6.45) is 0.518. The molecule has 0 saturated carbocycles. The fourth-order valence-corrected chi connectivity index (χ4v) is 4.47. The van der Waals surface area contributed by atoms with Crippen molar-refractivity contribution < 1.29 is 14.4 Å². The molecule has 3 atom stereocenters. The number of likely N-dealkylation sites (N-methyl/N-ethyl adjacent to an activating group) is 2. The van der Waals surface area contributed by atoms with Crippen molar-refractivity contribution in [2.45, 2.75) is 51.1 Å². The van der Waals surface area contributed by atoms with Crippen LogP contribution in [0.15, 0.2) is 42.5 Å². The molecule has 1 aliphatic heterocycles. The van der Waals surface area contributed by atoms with Crippen LogP contribution in [0, 0.1) is 17.2 Å². The molecule has 0 radical (unpaired) electrons. The van der Waals surface area contributed by atoms with Gasteiger partial charge in [0.15, 0.2) is 0 Å². The molecule has 184 valence electrons. The summed E-state index contributed by atoms with van der Waals surface area (Å²) in [4.78, 5) is 46.4. The third-order valence-electron chi connectivity index (χ3n) is 6.59. The zero-order valence-electron chi connectivity index (χ0n) is 20.8. The first-order valence-electron chi connectivity index (χ1n) is 11.6. The molecule has 35 heavy (non-hydrogen) atoms. The Morgan fingerprint density at radius 2 is 1.83 bits per heavy atom. The number of nitrogens with zero attached hydrogens (tertiary/aromatic N) is 4. The van der Waals surface area contributed by atoms with Gasteiger partial charge in [0.05, 0.1) is 11.5 Å². The molecular formula is C26H32N6O3. The SMILES string of the molecule is CC(C)C[C@@H](C(=O)N(C)[C@H](C#N)C[C@@]1(C)C(=O)Nc2ccccc21)N(C)C(=O)c1cccc(N)n1. The van der Waals surface area contributed by atoms with Gasteiger partial charge in [-0.1, -0.05) is 38.1 Å². The van der Waals surface area contributed by atoms with Crippen molar-refractivity contribution in [3.05, 3.63) is 53.7 Å². The lowest BCUT2D eigenvalue weighted by Gasteiger charge is -2.35. The molecule has 2 heterocycles. The van der Waals surface area contributed by atoms with Crippen LogP contribution in [0.3, 0.4) is 0 Å². The number of hydrogen-bond acceptors (Lipinski definition) is 6. The van der Waals surface area contributed by atoms with Gasteiger partial charge in [0.1, 0.15) is 23.6 Å². The number of pyridine rings is 1. The number of para-hydroxylation sites is 1. The summed E-state index contributed by atoms with van der Waals surface area (Å²) in [5.41, 5.74) is 6.41. The van der Waals surface area contributed by atoms with Gasteiger partial charge in [-0.3, -0.25) is 14.4 Å². The molecular weight excluding hydrogens is 444 g/mol. The fourth-order valence-electron chi connectivity index (χ4n) is 4.47. The molecule has 2 aromatic rings. The van der Waals surface area contributed by atoms with E-state index in [9.17, 15) is 19.6 Å². The van der Waals surface area contributed by atoms with Crippen molar-refractivity contribution in [1.29, 1.82) is 5.26 Å². The smallest absolute Gasteiger partial charge is 0.272 e. The lowest BCUT2D eigenvalue weighted by Crippen LogP contribution is -2.52. The van der Waals surface area contributed by atoms with E-state index in [-0.39, 0.29) is 35.7 Å². The summed E-state index contributed by atoms with van der Waals surface area (Å²) in [7, 11) is 3.10. The minimum atomic E-state index is -0.966. The highest BCUT2D eigenvalue weighted by Gasteiger charge is 2.45. The number of amides is 3. The average Bonchev–Trinajstić information content (AvgIpc) is 3.08. The van der Waals surface area contributed by atoms with E-state index >= 15 is 0 Å². The minimum absolute atomic E-state index is 0.104. The maximum atomic E-state index is 13.7. The first kappa shape index (κ1) is 25.7. The number of hydrogen-bond donors (Lipinski definition) is 2. The van der Waals surface area contributed by atoms with E-state index < -0.39 is 23.4 Å².